The predicted molar refractivity (Wildman–Crippen MR) is 150 cm³/mol. The zero-order chi connectivity index (χ0) is 29.2. The number of imidazole rings is 1. The van der Waals surface area contributed by atoms with Crippen molar-refractivity contribution >= 4 is 46.4 Å². The number of amides is 3. The molecule has 0 saturated heterocycles. The van der Waals surface area contributed by atoms with E-state index >= 15 is 0 Å². The lowest BCUT2D eigenvalue weighted by Gasteiger charge is -2.26. The average molecular weight is 574 g/mol. The minimum atomic E-state index is -1.47. The van der Waals surface area contributed by atoms with Crippen molar-refractivity contribution in [3.05, 3.63) is 54.2 Å². The SMILES string of the molecule is CSCCC(NC(=O)C(NC(=O)C(Cc1cnc[nH]1)NC(=O)C(N)Cc1c[nH]c2ccccc12)C(C)O)C(=O)O. The van der Waals surface area contributed by atoms with E-state index < -0.39 is 54.0 Å². The number of nitrogens with one attached hydrogen (secondary N) is 5. The summed E-state index contributed by atoms with van der Waals surface area (Å²) >= 11 is 1.42. The maximum atomic E-state index is 13.3. The molecule has 0 spiro atoms. The van der Waals surface area contributed by atoms with Crippen LogP contribution < -0.4 is 21.7 Å². The molecular weight excluding hydrogens is 538 g/mol. The number of aliphatic carboxylic acids is 1. The Labute approximate surface area is 235 Å². The molecule has 0 bridgehead atoms. The van der Waals surface area contributed by atoms with Gasteiger partial charge in [-0.05, 0) is 43.4 Å². The number of aliphatic hydroxyl groups is 1. The molecule has 5 atom stereocenters. The third-order valence-electron chi connectivity index (χ3n) is 6.35. The monoisotopic (exact) mass is 573 g/mol. The van der Waals surface area contributed by atoms with Crippen molar-refractivity contribution in [3.63, 3.8) is 0 Å². The Hall–Kier alpha value is -3.88. The van der Waals surface area contributed by atoms with Gasteiger partial charge in [-0.15, -0.1) is 0 Å². The summed E-state index contributed by atoms with van der Waals surface area (Å²) in [6, 6.07) is 2.77. The number of aliphatic hydroxyl groups excluding tert-OH is 1. The van der Waals surface area contributed by atoms with Crippen molar-refractivity contribution < 1.29 is 29.4 Å². The highest BCUT2D eigenvalue weighted by molar-refractivity contribution is 7.98. The van der Waals surface area contributed by atoms with Crippen LogP contribution in [-0.4, -0.2) is 91.1 Å². The summed E-state index contributed by atoms with van der Waals surface area (Å²) in [5.41, 5.74) is 8.48. The summed E-state index contributed by atoms with van der Waals surface area (Å²) in [7, 11) is 0. The lowest BCUT2D eigenvalue weighted by atomic mass is 10.0. The third kappa shape index (κ3) is 8.31. The first-order chi connectivity index (χ1) is 19.1. The van der Waals surface area contributed by atoms with Gasteiger partial charge in [0, 0.05) is 35.4 Å². The van der Waals surface area contributed by atoms with Crippen LogP contribution in [0.1, 0.15) is 24.6 Å². The molecule has 40 heavy (non-hydrogen) atoms. The number of rotatable bonds is 15. The molecule has 9 N–H and O–H groups in total. The van der Waals surface area contributed by atoms with Gasteiger partial charge in [0.25, 0.3) is 0 Å². The summed E-state index contributed by atoms with van der Waals surface area (Å²) in [6.45, 7) is 1.29. The molecule has 0 fully saturated rings. The van der Waals surface area contributed by atoms with E-state index in [4.69, 9.17) is 5.73 Å². The van der Waals surface area contributed by atoms with Crippen molar-refractivity contribution in [1.29, 1.82) is 0 Å². The van der Waals surface area contributed by atoms with Gasteiger partial charge in [0.05, 0.1) is 18.5 Å². The molecule has 1 aromatic carbocycles. The van der Waals surface area contributed by atoms with E-state index in [0.717, 1.165) is 16.5 Å². The summed E-state index contributed by atoms with van der Waals surface area (Å²) in [5.74, 6) is -2.96. The number of nitrogens with two attached hydrogens (primary N) is 1. The van der Waals surface area contributed by atoms with Gasteiger partial charge in [0.2, 0.25) is 17.7 Å². The maximum absolute atomic E-state index is 13.3. The fourth-order valence-corrected chi connectivity index (χ4v) is 4.62. The predicted octanol–water partition coefficient (Wildman–Crippen LogP) is -0.324. The van der Waals surface area contributed by atoms with Crippen molar-refractivity contribution in [3.8, 4) is 0 Å². The van der Waals surface area contributed by atoms with Gasteiger partial charge < -0.3 is 41.9 Å². The number of fused-ring (bicyclic) bond motifs is 1. The number of carbonyl (C=O) groups excluding carboxylic acids is 3. The van der Waals surface area contributed by atoms with Crippen LogP contribution in [0.3, 0.4) is 0 Å². The summed E-state index contributed by atoms with van der Waals surface area (Å²) in [5, 5.41) is 28.1. The molecule has 13 nitrogen and oxygen atoms in total. The number of thioether (sulfide) groups is 1. The van der Waals surface area contributed by atoms with E-state index in [2.05, 4.69) is 30.9 Å². The van der Waals surface area contributed by atoms with Crippen LogP contribution in [0.4, 0.5) is 0 Å². The van der Waals surface area contributed by atoms with E-state index in [0.29, 0.717) is 11.4 Å². The standard InChI is InChI=1S/C26H35N7O6S/c1-14(34)22(25(37)31-20(26(38)39)7-8-40-2)33-24(36)21(10-16-12-28-13-30-16)32-23(35)18(27)9-15-11-29-19-6-4-3-5-17(15)19/h3-6,11-14,18,20-22,29,34H,7-10,27H2,1-2H3,(H,28,30)(H,31,37)(H,32,35)(H,33,36)(H,38,39). The average Bonchev–Trinajstić information content (AvgIpc) is 3.58. The van der Waals surface area contributed by atoms with Crippen molar-refractivity contribution in [2.24, 2.45) is 5.73 Å². The molecule has 0 radical (unpaired) electrons. The molecule has 216 valence electrons. The molecule has 5 unspecified atom stereocenters. The van der Waals surface area contributed by atoms with E-state index in [-0.39, 0.29) is 19.3 Å². The number of benzene rings is 1. The molecule has 0 aliphatic rings. The molecule has 0 saturated carbocycles. The minimum absolute atomic E-state index is 0.00297. The minimum Gasteiger partial charge on any atom is -0.480 e. The first kappa shape index (κ1) is 30.7. The fourth-order valence-electron chi connectivity index (χ4n) is 4.15. The topological polar surface area (TPSA) is 215 Å². The van der Waals surface area contributed by atoms with Crippen LogP contribution in [-0.2, 0) is 32.0 Å². The van der Waals surface area contributed by atoms with Gasteiger partial charge in [-0.2, -0.15) is 11.8 Å². The van der Waals surface area contributed by atoms with Gasteiger partial charge in [-0.1, -0.05) is 18.2 Å². The quantitative estimate of drug-likeness (QED) is 0.119. The maximum Gasteiger partial charge on any atom is 0.326 e. The first-order valence-corrected chi connectivity index (χ1v) is 14.1. The van der Waals surface area contributed by atoms with Gasteiger partial charge in [-0.3, -0.25) is 14.4 Å². The number of carboxylic acids is 1. The Bertz CT molecular complexity index is 1300. The van der Waals surface area contributed by atoms with E-state index in [1.165, 1.54) is 31.2 Å². The number of carbonyl (C=O) groups is 4. The first-order valence-electron chi connectivity index (χ1n) is 12.7. The third-order valence-corrected chi connectivity index (χ3v) is 7.00. The molecule has 3 rings (SSSR count). The van der Waals surface area contributed by atoms with E-state index in [9.17, 15) is 29.4 Å². The largest absolute Gasteiger partial charge is 0.480 e. The number of aromatic amines is 2. The van der Waals surface area contributed by atoms with Crippen LogP contribution in [0.15, 0.2) is 43.0 Å². The Kier molecular flexibility index (Phi) is 11.1. The number of nitrogens with zero attached hydrogens (tertiary/aromatic N) is 1. The lowest BCUT2D eigenvalue weighted by Crippen LogP contribution is -2.60. The molecule has 0 aliphatic carbocycles. The molecular formula is C26H35N7O6S. The molecule has 3 amide bonds. The van der Waals surface area contributed by atoms with Crippen molar-refractivity contribution in [2.75, 3.05) is 12.0 Å². The Morgan fingerprint density at radius 2 is 1.75 bits per heavy atom. The van der Waals surface area contributed by atoms with Crippen LogP contribution in [0.2, 0.25) is 0 Å². The molecule has 14 heteroatoms. The molecule has 2 heterocycles. The highest BCUT2D eigenvalue weighted by Crippen LogP contribution is 2.19. The number of aromatic nitrogens is 3. The summed E-state index contributed by atoms with van der Waals surface area (Å²) in [6.07, 6.45) is 5.50. The van der Waals surface area contributed by atoms with Gasteiger partial charge in [-0.25, -0.2) is 9.78 Å². The number of hydrogen-bond donors (Lipinski definition) is 8. The van der Waals surface area contributed by atoms with Gasteiger partial charge >= 0.3 is 5.97 Å². The number of para-hydroxylation sites is 1. The molecule has 3 aromatic rings. The normalized spacial score (nSPS) is 15.0. The zero-order valence-corrected chi connectivity index (χ0v) is 23.0. The second-order valence-electron chi connectivity index (χ2n) is 9.42. The van der Waals surface area contributed by atoms with Crippen LogP contribution in [0, 0.1) is 0 Å². The van der Waals surface area contributed by atoms with Gasteiger partial charge in [0.1, 0.15) is 18.1 Å². The van der Waals surface area contributed by atoms with Crippen LogP contribution >= 0.6 is 11.8 Å². The van der Waals surface area contributed by atoms with E-state index in [1.54, 1.807) is 12.5 Å². The Morgan fingerprint density at radius 3 is 2.40 bits per heavy atom. The number of H-pyrrole nitrogens is 2. The van der Waals surface area contributed by atoms with Crippen molar-refractivity contribution in [2.45, 2.75) is 56.5 Å². The second-order valence-corrected chi connectivity index (χ2v) is 10.4. The highest BCUT2D eigenvalue weighted by atomic mass is 32.2. The van der Waals surface area contributed by atoms with E-state index in [1.807, 2.05) is 24.3 Å². The summed E-state index contributed by atoms with van der Waals surface area (Å²) in [4.78, 5) is 60.8. The number of carboxylic acid groups (broad SMARTS) is 1. The smallest absolute Gasteiger partial charge is 0.326 e. The molecule has 2 aromatic heterocycles. The van der Waals surface area contributed by atoms with Crippen LogP contribution in [0.25, 0.3) is 10.9 Å². The van der Waals surface area contributed by atoms with Crippen LogP contribution in [0.5, 0.6) is 0 Å². The lowest BCUT2D eigenvalue weighted by molar-refractivity contribution is -0.143. The fraction of sp³-hybridized carbons (Fsp3) is 0.423. The van der Waals surface area contributed by atoms with Gasteiger partial charge in [0.15, 0.2) is 0 Å². The second kappa shape index (κ2) is 14.5. The zero-order valence-electron chi connectivity index (χ0n) is 22.2. The van der Waals surface area contributed by atoms with Crippen molar-refractivity contribution in [1.82, 2.24) is 30.9 Å². The number of hydrogen-bond acceptors (Lipinski definition) is 8. The molecule has 0 aliphatic heterocycles. The highest BCUT2D eigenvalue weighted by Gasteiger charge is 2.33. The Morgan fingerprint density at radius 1 is 1.02 bits per heavy atom. The summed E-state index contributed by atoms with van der Waals surface area (Å²) < 4.78 is 0. The Balaban J connectivity index is 1.72.